The molecule has 0 radical (unpaired) electrons. The van der Waals surface area contributed by atoms with Crippen LogP contribution in [0.4, 0.5) is 0 Å². The van der Waals surface area contributed by atoms with Crippen LogP contribution in [0, 0.1) is 12.8 Å². The van der Waals surface area contributed by atoms with Gasteiger partial charge in [0.15, 0.2) is 0 Å². The minimum atomic E-state index is 0.559. The summed E-state index contributed by atoms with van der Waals surface area (Å²) < 4.78 is 5.40. The summed E-state index contributed by atoms with van der Waals surface area (Å²) in [6, 6.07) is 0.559. The van der Waals surface area contributed by atoms with Crippen LogP contribution in [-0.2, 0) is 11.2 Å². The molecule has 0 amide bonds. The van der Waals surface area contributed by atoms with E-state index in [-0.39, 0.29) is 0 Å². The molecule has 1 aromatic heterocycles. The molecule has 1 fully saturated rings. The first-order valence-electron chi connectivity index (χ1n) is 5.98. The predicted molar refractivity (Wildman–Crippen MR) is 66.9 cm³/mol. The molecule has 90 valence electrons. The van der Waals surface area contributed by atoms with Crippen molar-refractivity contribution in [2.75, 3.05) is 19.8 Å². The lowest BCUT2D eigenvalue weighted by Crippen LogP contribution is -2.35. The lowest BCUT2D eigenvalue weighted by atomic mass is 10.0. The molecule has 0 aromatic carbocycles. The number of rotatable bonds is 5. The SMILES string of the molecule is Cc1cnc(CCNC(C)C2CCOC2)s1. The van der Waals surface area contributed by atoms with E-state index in [4.69, 9.17) is 4.74 Å². The first-order valence-corrected chi connectivity index (χ1v) is 6.80. The first kappa shape index (κ1) is 12.0. The van der Waals surface area contributed by atoms with Crippen molar-refractivity contribution in [3.63, 3.8) is 0 Å². The van der Waals surface area contributed by atoms with E-state index in [1.807, 2.05) is 6.20 Å². The Morgan fingerprint density at radius 3 is 3.19 bits per heavy atom. The first-order chi connectivity index (χ1) is 7.75. The summed E-state index contributed by atoms with van der Waals surface area (Å²) in [4.78, 5) is 5.66. The Balaban J connectivity index is 1.67. The van der Waals surface area contributed by atoms with Gasteiger partial charge in [0.2, 0.25) is 0 Å². The van der Waals surface area contributed by atoms with E-state index in [2.05, 4.69) is 24.1 Å². The van der Waals surface area contributed by atoms with Crippen LogP contribution in [0.5, 0.6) is 0 Å². The summed E-state index contributed by atoms with van der Waals surface area (Å²) in [7, 11) is 0. The monoisotopic (exact) mass is 240 g/mol. The van der Waals surface area contributed by atoms with Gasteiger partial charge in [-0.15, -0.1) is 11.3 Å². The predicted octanol–water partition coefficient (Wildman–Crippen LogP) is 2.01. The summed E-state index contributed by atoms with van der Waals surface area (Å²) in [5.74, 6) is 0.693. The summed E-state index contributed by atoms with van der Waals surface area (Å²) in [6.45, 7) is 7.23. The molecular formula is C12H20N2OS. The van der Waals surface area contributed by atoms with Crippen LogP contribution < -0.4 is 5.32 Å². The van der Waals surface area contributed by atoms with E-state index in [0.717, 1.165) is 26.2 Å². The van der Waals surface area contributed by atoms with Crippen molar-refractivity contribution < 1.29 is 4.74 Å². The molecule has 1 aliphatic heterocycles. The van der Waals surface area contributed by atoms with Crippen LogP contribution in [-0.4, -0.2) is 30.8 Å². The lowest BCUT2D eigenvalue weighted by molar-refractivity contribution is 0.178. The molecule has 0 saturated carbocycles. The number of aryl methyl sites for hydroxylation is 1. The second-order valence-electron chi connectivity index (χ2n) is 4.48. The fourth-order valence-corrected chi connectivity index (χ4v) is 2.82. The van der Waals surface area contributed by atoms with Gasteiger partial charge in [-0.1, -0.05) is 0 Å². The summed E-state index contributed by atoms with van der Waals surface area (Å²) in [5.41, 5.74) is 0. The molecule has 2 atom stereocenters. The number of ether oxygens (including phenoxy) is 1. The topological polar surface area (TPSA) is 34.2 Å². The van der Waals surface area contributed by atoms with E-state index in [0.29, 0.717) is 12.0 Å². The molecule has 16 heavy (non-hydrogen) atoms. The maximum absolute atomic E-state index is 5.40. The van der Waals surface area contributed by atoms with Gasteiger partial charge in [-0.3, -0.25) is 0 Å². The number of hydrogen-bond donors (Lipinski definition) is 1. The molecule has 4 heteroatoms. The molecule has 1 N–H and O–H groups in total. The summed E-state index contributed by atoms with van der Waals surface area (Å²) >= 11 is 1.80. The standard InChI is InChI=1S/C12H20N2OS/c1-9-7-14-12(16-9)3-5-13-10(2)11-4-6-15-8-11/h7,10-11,13H,3-6,8H2,1-2H3. The fraction of sp³-hybridized carbons (Fsp3) is 0.750. The Morgan fingerprint density at radius 1 is 1.69 bits per heavy atom. The van der Waals surface area contributed by atoms with Gasteiger partial charge in [-0.05, 0) is 26.2 Å². The third kappa shape index (κ3) is 3.27. The molecular weight excluding hydrogens is 220 g/mol. The van der Waals surface area contributed by atoms with Crippen molar-refractivity contribution in [3.05, 3.63) is 16.1 Å². The minimum Gasteiger partial charge on any atom is -0.381 e. The van der Waals surface area contributed by atoms with Crippen molar-refractivity contribution >= 4 is 11.3 Å². The normalized spacial score (nSPS) is 22.5. The van der Waals surface area contributed by atoms with E-state index in [1.165, 1.54) is 16.3 Å². The highest BCUT2D eigenvalue weighted by molar-refractivity contribution is 7.11. The van der Waals surface area contributed by atoms with Crippen LogP contribution >= 0.6 is 11.3 Å². The van der Waals surface area contributed by atoms with Gasteiger partial charge in [-0.25, -0.2) is 4.98 Å². The Bertz CT molecular complexity index is 321. The van der Waals surface area contributed by atoms with Gasteiger partial charge in [-0.2, -0.15) is 0 Å². The Kier molecular flexibility index (Phi) is 4.32. The van der Waals surface area contributed by atoms with Crippen LogP contribution in [0.25, 0.3) is 0 Å². The Hall–Kier alpha value is -0.450. The maximum atomic E-state index is 5.40. The van der Waals surface area contributed by atoms with Gasteiger partial charge in [0.1, 0.15) is 0 Å². The van der Waals surface area contributed by atoms with Gasteiger partial charge in [0, 0.05) is 36.7 Å². The minimum absolute atomic E-state index is 0.559. The van der Waals surface area contributed by atoms with Gasteiger partial charge >= 0.3 is 0 Å². The molecule has 2 rings (SSSR count). The third-order valence-electron chi connectivity index (χ3n) is 3.15. The molecule has 3 nitrogen and oxygen atoms in total. The largest absolute Gasteiger partial charge is 0.381 e. The number of thiazole rings is 1. The highest BCUT2D eigenvalue weighted by Gasteiger charge is 2.21. The zero-order chi connectivity index (χ0) is 11.4. The van der Waals surface area contributed by atoms with Crippen molar-refractivity contribution in [3.8, 4) is 0 Å². The zero-order valence-electron chi connectivity index (χ0n) is 10.0. The second-order valence-corrected chi connectivity index (χ2v) is 5.80. The van der Waals surface area contributed by atoms with Crippen molar-refractivity contribution in [2.24, 2.45) is 5.92 Å². The Labute approximate surface area is 101 Å². The number of hydrogen-bond acceptors (Lipinski definition) is 4. The Morgan fingerprint density at radius 2 is 2.56 bits per heavy atom. The smallest absolute Gasteiger partial charge is 0.0940 e. The molecule has 2 unspecified atom stereocenters. The fourth-order valence-electron chi connectivity index (χ4n) is 2.04. The third-order valence-corrected chi connectivity index (χ3v) is 4.12. The quantitative estimate of drug-likeness (QED) is 0.855. The van der Waals surface area contributed by atoms with E-state index in [1.54, 1.807) is 11.3 Å². The van der Waals surface area contributed by atoms with Gasteiger partial charge in [0.25, 0.3) is 0 Å². The number of aromatic nitrogens is 1. The van der Waals surface area contributed by atoms with Crippen LogP contribution in [0.2, 0.25) is 0 Å². The van der Waals surface area contributed by atoms with Gasteiger partial charge < -0.3 is 10.1 Å². The average molecular weight is 240 g/mol. The highest BCUT2D eigenvalue weighted by Crippen LogP contribution is 2.16. The van der Waals surface area contributed by atoms with Crippen LogP contribution in [0.15, 0.2) is 6.20 Å². The molecule has 0 aliphatic carbocycles. The van der Waals surface area contributed by atoms with Gasteiger partial charge in [0.05, 0.1) is 11.6 Å². The van der Waals surface area contributed by atoms with Crippen molar-refractivity contribution in [1.29, 1.82) is 0 Å². The molecule has 0 spiro atoms. The second kappa shape index (κ2) is 5.75. The van der Waals surface area contributed by atoms with E-state index < -0.39 is 0 Å². The van der Waals surface area contributed by atoms with Crippen LogP contribution in [0.1, 0.15) is 23.2 Å². The molecule has 1 aromatic rings. The van der Waals surface area contributed by atoms with E-state index in [9.17, 15) is 0 Å². The van der Waals surface area contributed by atoms with Crippen molar-refractivity contribution in [2.45, 2.75) is 32.7 Å². The number of nitrogens with one attached hydrogen (secondary N) is 1. The summed E-state index contributed by atoms with van der Waals surface area (Å²) in [6.07, 6.45) is 4.19. The molecule has 1 saturated heterocycles. The maximum Gasteiger partial charge on any atom is 0.0940 e. The van der Waals surface area contributed by atoms with Crippen molar-refractivity contribution in [1.82, 2.24) is 10.3 Å². The number of nitrogens with zero attached hydrogens (tertiary/aromatic N) is 1. The molecule has 2 heterocycles. The molecule has 0 bridgehead atoms. The van der Waals surface area contributed by atoms with E-state index >= 15 is 0 Å². The summed E-state index contributed by atoms with van der Waals surface area (Å²) in [5, 5.41) is 4.80. The lowest BCUT2D eigenvalue weighted by Gasteiger charge is -2.18. The van der Waals surface area contributed by atoms with Crippen LogP contribution in [0.3, 0.4) is 0 Å². The molecule has 1 aliphatic rings. The zero-order valence-corrected chi connectivity index (χ0v) is 10.8. The highest BCUT2D eigenvalue weighted by atomic mass is 32.1. The average Bonchev–Trinajstić information content (AvgIpc) is 2.89.